The average molecular weight is 110 g/mol. The van der Waals surface area contributed by atoms with Gasteiger partial charge in [-0.1, -0.05) is 0 Å². The maximum Gasteiger partial charge on any atom is 0.260 e. The van der Waals surface area contributed by atoms with E-state index in [4.69, 9.17) is 0 Å². The Balaban J connectivity index is 3.00. The van der Waals surface area contributed by atoms with E-state index in [9.17, 15) is 4.91 Å². The van der Waals surface area contributed by atoms with Crippen LogP contribution in [-0.2, 0) is 0 Å². The summed E-state index contributed by atoms with van der Waals surface area (Å²) < 4.78 is 4.64. The van der Waals surface area contributed by atoms with Gasteiger partial charge in [-0.2, -0.15) is 0 Å². The zero-order valence-electron chi connectivity index (χ0n) is 4.13. The number of furan rings is 1. The maximum absolute atomic E-state index is 9.65. The van der Waals surface area contributed by atoms with Gasteiger partial charge in [0.1, 0.15) is 5.76 Å². The van der Waals surface area contributed by atoms with Gasteiger partial charge in [-0.05, 0) is 6.07 Å². The molecule has 0 atom stereocenters. The monoisotopic (exact) mass is 110 g/mol. The predicted molar refractivity (Wildman–Crippen MR) is 28.6 cm³/mol. The van der Waals surface area contributed by atoms with E-state index in [0.717, 1.165) is 0 Å². The Morgan fingerprint density at radius 3 is 2.62 bits per heavy atom. The summed E-state index contributed by atoms with van der Waals surface area (Å²) >= 11 is 0. The molecule has 1 rings (SSSR count). The molecule has 0 aliphatic heterocycles. The van der Waals surface area contributed by atoms with Crippen LogP contribution in [0.15, 0.2) is 21.7 Å². The van der Waals surface area contributed by atoms with Crippen LogP contribution in [0.4, 0.5) is 5.88 Å². The third-order valence-electron chi connectivity index (χ3n) is 0.737. The summed E-state index contributed by atoms with van der Waals surface area (Å²) in [6.07, 6.45) is 0. The van der Waals surface area contributed by atoms with Crippen molar-refractivity contribution in [3.63, 3.8) is 0 Å². The van der Waals surface area contributed by atoms with Crippen molar-refractivity contribution in [3.05, 3.63) is 29.7 Å². The first-order valence-corrected chi connectivity index (χ1v) is 2.08. The Morgan fingerprint density at radius 1 is 1.62 bits per heavy atom. The van der Waals surface area contributed by atoms with Gasteiger partial charge >= 0.3 is 0 Å². The van der Waals surface area contributed by atoms with Gasteiger partial charge in [0.15, 0.2) is 0 Å². The van der Waals surface area contributed by atoms with Crippen molar-refractivity contribution in [2.45, 2.75) is 0 Å². The highest BCUT2D eigenvalue weighted by Crippen LogP contribution is 2.13. The Kier molecular flexibility index (Phi) is 1.12. The molecule has 0 bridgehead atoms. The Bertz CT molecular complexity index is 192. The summed E-state index contributed by atoms with van der Waals surface area (Å²) in [4.78, 5) is 9.65. The molecule has 0 aromatic carbocycles. The third-order valence-corrected chi connectivity index (χ3v) is 0.737. The first kappa shape index (κ1) is 5.03. The minimum Gasteiger partial charge on any atom is -0.441 e. The summed E-state index contributed by atoms with van der Waals surface area (Å²) in [7, 11) is 0. The van der Waals surface area contributed by atoms with Crippen LogP contribution in [0.1, 0.15) is 5.76 Å². The van der Waals surface area contributed by atoms with E-state index in [-0.39, 0.29) is 5.88 Å². The van der Waals surface area contributed by atoms with Crippen LogP contribution in [0.2, 0.25) is 0 Å². The zero-order valence-corrected chi connectivity index (χ0v) is 4.13. The van der Waals surface area contributed by atoms with Crippen LogP contribution in [0, 0.1) is 11.8 Å². The molecule has 0 N–H and O–H groups in total. The summed E-state index contributed by atoms with van der Waals surface area (Å²) in [5, 5.41) is 2.53. The largest absolute Gasteiger partial charge is 0.441 e. The second kappa shape index (κ2) is 1.78. The lowest BCUT2D eigenvalue weighted by molar-refractivity contribution is 0.558. The van der Waals surface area contributed by atoms with Gasteiger partial charge in [0, 0.05) is 18.2 Å². The van der Waals surface area contributed by atoms with Gasteiger partial charge in [-0.3, -0.25) is 0 Å². The molecule has 0 aliphatic carbocycles. The molecule has 1 aromatic rings. The highest BCUT2D eigenvalue weighted by atomic mass is 16.4. The molecule has 0 aliphatic rings. The van der Waals surface area contributed by atoms with Crippen LogP contribution in [0.25, 0.3) is 0 Å². The topological polar surface area (TPSA) is 42.6 Å². The van der Waals surface area contributed by atoms with E-state index in [2.05, 4.69) is 16.5 Å². The lowest BCUT2D eigenvalue weighted by Crippen LogP contribution is -1.50. The normalized spacial score (nSPS) is 9.12. The summed E-state index contributed by atoms with van der Waals surface area (Å²) in [6, 6.07) is 3.05. The fraction of sp³-hybridized carbons (Fsp3) is 0. The lowest BCUT2D eigenvalue weighted by atomic mass is 10.5. The Hall–Kier alpha value is -1.12. The van der Waals surface area contributed by atoms with Gasteiger partial charge in [-0.15, -0.1) is 4.91 Å². The van der Waals surface area contributed by atoms with Crippen molar-refractivity contribution < 1.29 is 4.42 Å². The quantitative estimate of drug-likeness (QED) is 0.518. The molecule has 0 amide bonds. The second-order valence-corrected chi connectivity index (χ2v) is 1.33. The fourth-order valence-corrected chi connectivity index (χ4v) is 0.416. The van der Waals surface area contributed by atoms with Gasteiger partial charge in [0.2, 0.25) is 0 Å². The molecule has 1 aromatic heterocycles. The van der Waals surface area contributed by atoms with E-state index in [1.165, 1.54) is 6.07 Å². The summed E-state index contributed by atoms with van der Waals surface area (Å²) in [5.74, 6) is 0.537. The van der Waals surface area contributed by atoms with E-state index in [1.54, 1.807) is 6.07 Å². The molecule has 8 heavy (non-hydrogen) atoms. The molecule has 0 fully saturated rings. The third kappa shape index (κ3) is 0.753. The molecule has 0 unspecified atom stereocenters. The number of rotatable bonds is 1. The van der Waals surface area contributed by atoms with E-state index in [1.807, 2.05) is 0 Å². The van der Waals surface area contributed by atoms with Gasteiger partial charge in [0.25, 0.3) is 5.88 Å². The van der Waals surface area contributed by atoms with Crippen LogP contribution < -0.4 is 0 Å². The molecular formula is C5H4NO2. The SMILES string of the molecule is [CH2]c1ccc(N=O)o1. The molecule has 41 valence electrons. The highest BCUT2D eigenvalue weighted by Gasteiger charge is 1.93. The van der Waals surface area contributed by atoms with E-state index < -0.39 is 0 Å². The molecular weight excluding hydrogens is 106 g/mol. The van der Waals surface area contributed by atoms with Crippen LogP contribution in [0.5, 0.6) is 0 Å². The summed E-state index contributed by atoms with van der Waals surface area (Å²) in [6.45, 7) is 3.42. The number of hydrogen-bond donors (Lipinski definition) is 0. The molecule has 3 heteroatoms. The molecule has 0 spiro atoms. The lowest BCUT2D eigenvalue weighted by Gasteiger charge is -1.74. The highest BCUT2D eigenvalue weighted by molar-refractivity contribution is 5.24. The number of nitroso groups, excluding NO2 is 1. The van der Waals surface area contributed by atoms with Gasteiger partial charge < -0.3 is 4.42 Å². The van der Waals surface area contributed by atoms with Crippen molar-refractivity contribution >= 4 is 5.88 Å². The van der Waals surface area contributed by atoms with Crippen molar-refractivity contribution in [3.8, 4) is 0 Å². The predicted octanol–water partition coefficient (Wildman–Crippen LogP) is 1.86. The second-order valence-electron chi connectivity index (χ2n) is 1.33. The average Bonchev–Trinajstić information content (AvgIpc) is 2.14. The Morgan fingerprint density at radius 2 is 2.38 bits per heavy atom. The molecule has 0 saturated heterocycles. The first-order valence-electron chi connectivity index (χ1n) is 2.08. The molecule has 1 heterocycles. The van der Waals surface area contributed by atoms with Gasteiger partial charge in [-0.25, -0.2) is 0 Å². The van der Waals surface area contributed by atoms with Crippen LogP contribution in [-0.4, -0.2) is 0 Å². The van der Waals surface area contributed by atoms with Crippen LogP contribution in [0.3, 0.4) is 0 Å². The van der Waals surface area contributed by atoms with Crippen molar-refractivity contribution in [1.29, 1.82) is 0 Å². The standard InChI is InChI=1S/C5H4NO2/c1-4-2-3-5(6-7)8-4/h2-3H,1H2. The zero-order chi connectivity index (χ0) is 5.98. The van der Waals surface area contributed by atoms with Crippen molar-refractivity contribution in [2.24, 2.45) is 5.18 Å². The molecule has 0 saturated carbocycles. The first-order chi connectivity index (χ1) is 3.83. The minimum atomic E-state index is 0.0787. The number of nitrogens with zero attached hydrogens (tertiary/aromatic N) is 1. The van der Waals surface area contributed by atoms with Crippen molar-refractivity contribution in [2.75, 3.05) is 0 Å². The molecule has 3 nitrogen and oxygen atoms in total. The van der Waals surface area contributed by atoms with E-state index in [0.29, 0.717) is 5.76 Å². The van der Waals surface area contributed by atoms with Gasteiger partial charge in [0.05, 0.1) is 0 Å². The fourth-order valence-electron chi connectivity index (χ4n) is 0.416. The van der Waals surface area contributed by atoms with E-state index >= 15 is 0 Å². The van der Waals surface area contributed by atoms with Crippen molar-refractivity contribution in [1.82, 2.24) is 0 Å². The summed E-state index contributed by atoms with van der Waals surface area (Å²) in [5.41, 5.74) is 0. The minimum absolute atomic E-state index is 0.0787. The molecule has 1 radical (unpaired) electrons. The smallest absolute Gasteiger partial charge is 0.260 e. The van der Waals surface area contributed by atoms with Crippen LogP contribution >= 0.6 is 0 Å². The maximum atomic E-state index is 9.65. The number of hydrogen-bond acceptors (Lipinski definition) is 3. The Labute approximate surface area is 46.3 Å².